The van der Waals surface area contributed by atoms with Crippen molar-refractivity contribution < 1.29 is 14.3 Å². The Morgan fingerprint density at radius 1 is 1.40 bits per heavy atom. The predicted molar refractivity (Wildman–Crippen MR) is 58.6 cm³/mol. The molecule has 1 heterocycles. The first-order valence-corrected chi connectivity index (χ1v) is 6.06. The van der Waals surface area contributed by atoms with Crippen molar-refractivity contribution in [3.63, 3.8) is 0 Å². The zero-order valence-corrected chi connectivity index (χ0v) is 9.83. The van der Waals surface area contributed by atoms with Gasteiger partial charge in [-0.25, -0.2) is 0 Å². The molecule has 1 atom stereocenters. The van der Waals surface area contributed by atoms with Gasteiger partial charge >= 0.3 is 5.97 Å². The Morgan fingerprint density at radius 2 is 2.07 bits per heavy atom. The van der Waals surface area contributed by atoms with E-state index in [1.54, 1.807) is 0 Å². The number of carbonyl (C=O) groups is 1. The van der Waals surface area contributed by atoms with E-state index in [1.165, 1.54) is 0 Å². The van der Waals surface area contributed by atoms with E-state index in [0.717, 1.165) is 38.7 Å². The van der Waals surface area contributed by atoms with Gasteiger partial charge in [0.2, 0.25) is 0 Å². The largest absolute Gasteiger partial charge is 0.460 e. The van der Waals surface area contributed by atoms with Crippen molar-refractivity contribution in [3.05, 3.63) is 0 Å². The summed E-state index contributed by atoms with van der Waals surface area (Å²) in [4.78, 5) is 11.8. The quantitative estimate of drug-likeness (QED) is 0.637. The fourth-order valence-electron chi connectivity index (χ4n) is 1.94. The zero-order chi connectivity index (χ0) is 11.1. The van der Waals surface area contributed by atoms with Crippen LogP contribution in [0.25, 0.3) is 0 Å². The van der Waals surface area contributed by atoms with E-state index in [-0.39, 0.29) is 18.0 Å². The van der Waals surface area contributed by atoms with E-state index in [0.29, 0.717) is 6.61 Å². The fourth-order valence-corrected chi connectivity index (χ4v) is 1.94. The molecule has 0 spiro atoms. The van der Waals surface area contributed by atoms with Crippen LogP contribution in [0.4, 0.5) is 0 Å². The van der Waals surface area contributed by atoms with E-state index in [9.17, 15) is 4.79 Å². The van der Waals surface area contributed by atoms with E-state index >= 15 is 0 Å². The Kier molecular flexibility index (Phi) is 5.69. The maximum absolute atomic E-state index is 11.8. The molecule has 0 saturated carbocycles. The smallest absolute Gasteiger partial charge is 0.309 e. The predicted octanol–water partition coefficient (Wildman–Crippen LogP) is 2.53. The Labute approximate surface area is 92.1 Å². The van der Waals surface area contributed by atoms with Crippen LogP contribution in [0, 0.1) is 5.92 Å². The summed E-state index contributed by atoms with van der Waals surface area (Å²) in [7, 11) is 0. The van der Waals surface area contributed by atoms with Crippen LogP contribution in [0.2, 0.25) is 0 Å². The first-order chi connectivity index (χ1) is 7.27. The lowest BCUT2D eigenvalue weighted by atomic mass is 9.98. The lowest BCUT2D eigenvalue weighted by Crippen LogP contribution is -2.24. The van der Waals surface area contributed by atoms with Gasteiger partial charge in [-0.3, -0.25) is 4.79 Å². The molecular formula is C12H22O3. The van der Waals surface area contributed by atoms with Gasteiger partial charge in [0.1, 0.15) is 6.10 Å². The van der Waals surface area contributed by atoms with E-state index < -0.39 is 0 Å². The number of carbonyl (C=O) groups excluding carboxylic acids is 1. The van der Waals surface area contributed by atoms with Gasteiger partial charge in [-0.1, -0.05) is 26.7 Å². The second kappa shape index (κ2) is 6.83. The SMILES string of the molecule is CCCC(CCC)C(=O)OC1CCOC1. The molecule has 1 aliphatic heterocycles. The zero-order valence-electron chi connectivity index (χ0n) is 9.83. The molecule has 1 saturated heterocycles. The van der Waals surface area contributed by atoms with Crippen molar-refractivity contribution in [2.75, 3.05) is 13.2 Å². The molecule has 1 fully saturated rings. The third kappa shape index (κ3) is 4.20. The minimum absolute atomic E-state index is 0.00807. The molecule has 0 aromatic heterocycles. The van der Waals surface area contributed by atoms with Crippen LogP contribution in [0.15, 0.2) is 0 Å². The third-order valence-corrected chi connectivity index (χ3v) is 2.78. The number of hydrogen-bond acceptors (Lipinski definition) is 3. The summed E-state index contributed by atoms with van der Waals surface area (Å²) < 4.78 is 10.6. The average molecular weight is 214 g/mol. The van der Waals surface area contributed by atoms with Gasteiger partial charge in [0, 0.05) is 6.42 Å². The molecule has 0 aromatic rings. The van der Waals surface area contributed by atoms with Crippen LogP contribution in [0.1, 0.15) is 46.0 Å². The van der Waals surface area contributed by atoms with Crippen molar-refractivity contribution >= 4 is 5.97 Å². The van der Waals surface area contributed by atoms with E-state index in [2.05, 4.69) is 13.8 Å². The highest BCUT2D eigenvalue weighted by Gasteiger charge is 2.24. The summed E-state index contributed by atoms with van der Waals surface area (Å²) in [5.41, 5.74) is 0. The Balaban J connectivity index is 2.33. The summed E-state index contributed by atoms with van der Waals surface area (Å²) in [6, 6.07) is 0. The van der Waals surface area contributed by atoms with Gasteiger partial charge < -0.3 is 9.47 Å². The van der Waals surface area contributed by atoms with Crippen LogP contribution in [-0.4, -0.2) is 25.3 Å². The number of ether oxygens (including phenoxy) is 2. The standard InChI is InChI=1S/C12H22O3/c1-3-5-10(6-4-2)12(13)15-11-7-8-14-9-11/h10-11H,3-9H2,1-2H3. The summed E-state index contributed by atoms with van der Waals surface area (Å²) in [5.74, 6) is 0.0785. The van der Waals surface area contributed by atoms with Crippen molar-refractivity contribution in [2.45, 2.75) is 52.1 Å². The average Bonchev–Trinajstić information content (AvgIpc) is 2.70. The van der Waals surface area contributed by atoms with Crippen molar-refractivity contribution in [1.82, 2.24) is 0 Å². The van der Waals surface area contributed by atoms with E-state index in [4.69, 9.17) is 9.47 Å². The highest BCUT2D eigenvalue weighted by molar-refractivity contribution is 5.72. The van der Waals surface area contributed by atoms with Crippen LogP contribution >= 0.6 is 0 Å². The molecule has 1 rings (SSSR count). The monoisotopic (exact) mass is 214 g/mol. The molecule has 0 aliphatic carbocycles. The lowest BCUT2D eigenvalue weighted by Gasteiger charge is -2.17. The minimum atomic E-state index is -0.0193. The van der Waals surface area contributed by atoms with Gasteiger partial charge in [-0.15, -0.1) is 0 Å². The molecule has 15 heavy (non-hydrogen) atoms. The maximum atomic E-state index is 11.8. The highest BCUT2D eigenvalue weighted by atomic mass is 16.6. The highest BCUT2D eigenvalue weighted by Crippen LogP contribution is 2.18. The van der Waals surface area contributed by atoms with Gasteiger partial charge in [0.05, 0.1) is 19.1 Å². The number of hydrogen-bond donors (Lipinski definition) is 0. The summed E-state index contributed by atoms with van der Waals surface area (Å²) >= 11 is 0. The summed E-state index contributed by atoms with van der Waals surface area (Å²) in [6.45, 7) is 5.52. The number of rotatable bonds is 6. The van der Waals surface area contributed by atoms with Gasteiger partial charge in [0.25, 0.3) is 0 Å². The van der Waals surface area contributed by atoms with Crippen LogP contribution in [0.5, 0.6) is 0 Å². The first-order valence-electron chi connectivity index (χ1n) is 6.06. The third-order valence-electron chi connectivity index (χ3n) is 2.78. The Hall–Kier alpha value is -0.570. The van der Waals surface area contributed by atoms with E-state index in [1.807, 2.05) is 0 Å². The molecule has 0 amide bonds. The molecular weight excluding hydrogens is 192 g/mol. The molecule has 3 nitrogen and oxygen atoms in total. The molecule has 1 aliphatic rings. The molecule has 0 aromatic carbocycles. The molecule has 0 radical (unpaired) electrons. The number of esters is 1. The molecule has 88 valence electrons. The van der Waals surface area contributed by atoms with Gasteiger partial charge in [-0.2, -0.15) is 0 Å². The normalized spacial score (nSPS) is 20.9. The molecule has 1 unspecified atom stereocenters. The summed E-state index contributed by atoms with van der Waals surface area (Å²) in [6.07, 6.45) is 4.84. The van der Waals surface area contributed by atoms with Crippen LogP contribution < -0.4 is 0 Å². The minimum Gasteiger partial charge on any atom is -0.460 e. The second-order valence-corrected chi connectivity index (χ2v) is 4.20. The molecule has 0 bridgehead atoms. The topological polar surface area (TPSA) is 35.5 Å². The second-order valence-electron chi connectivity index (χ2n) is 4.20. The Bertz CT molecular complexity index is 179. The van der Waals surface area contributed by atoms with Crippen molar-refractivity contribution in [1.29, 1.82) is 0 Å². The van der Waals surface area contributed by atoms with Crippen LogP contribution in [0.3, 0.4) is 0 Å². The molecule has 3 heteroatoms. The van der Waals surface area contributed by atoms with Crippen LogP contribution in [-0.2, 0) is 14.3 Å². The Morgan fingerprint density at radius 3 is 2.53 bits per heavy atom. The van der Waals surface area contributed by atoms with Crippen molar-refractivity contribution in [2.24, 2.45) is 5.92 Å². The summed E-state index contributed by atoms with van der Waals surface area (Å²) in [5, 5.41) is 0. The molecule has 0 N–H and O–H groups in total. The first kappa shape index (κ1) is 12.5. The van der Waals surface area contributed by atoms with Gasteiger partial charge in [0.15, 0.2) is 0 Å². The van der Waals surface area contributed by atoms with Crippen molar-refractivity contribution in [3.8, 4) is 0 Å². The maximum Gasteiger partial charge on any atom is 0.309 e. The lowest BCUT2D eigenvalue weighted by molar-refractivity contribution is -0.154. The van der Waals surface area contributed by atoms with Gasteiger partial charge in [-0.05, 0) is 12.8 Å². The fraction of sp³-hybridized carbons (Fsp3) is 0.917.